The molecule has 1 aliphatic rings. The molecule has 9 heteroatoms. The molecule has 6 rings (SSSR count). The molecule has 4 aromatic carbocycles. The van der Waals surface area contributed by atoms with Gasteiger partial charge in [0.05, 0.1) is 27.3 Å². The second-order valence-corrected chi connectivity index (χ2v) is 11.3. The molecule has 0 spiro atoms. The van der Waals surface area contributed by atoms with E-state index >= 15 is 0 Å². The zero-order valence-electron chi connectivity index (χ0n) is 22.0. The topological polar surface area (TPSA) is 55.1 Å². The minimum absolute atomic E-state index is 0.180. The van der Waals surface area contributed by atoms with Crippen molar-refractivity contribution in [3.05, 3.63) is 141 Å². The van der Waals surface area contributed by atoms with E-state index in [9.17, 15) is 23.1 Å². The van der Waals surface area contributed by atoms with E-state index in [0.29, 0.717) is 27.7 Å². The van der Waals surface area contributed by atoms with Gasteiger partial charge in [0.15, 0.2) is 0 Å². The number of carboxylic acid groups (broad SMARTS) is 1. The lowest BCUT2D eigenvalue weighted by molar-refractivity contribution is -0.137. The molecule has 1 fully saturated rings. The summed E-state index contributed by atoms with van der Waals surface area (Å²) < 4.78 is 41.5. The van der Waals surface area contributed by atoms with Crippen molar-refractivity contribution in [1.82, 2.24) is 9.55 Å². The van der Waals surface area contributed by atoms with Crippen molar-refractivity contribution in [3.8, 4) is 16.9 Å². The van der Waals surface area contributed by atoms with Gasteiger partial charge in [-0.15, -0.1) is 0 Å². The van der Waals surface area contributed by atoms with Gasteiger partial charge in [-0.05, 0) is 84.5 Å². The maximum absolute atomic E-state index is 13.2. The lowest BCUT2D eigenvalue weighted by Crippen LogP contribution is -2.16. The van der Waals surface area contributed by atoms with Gasteiger partial charge in [0, 0.05) is 22.5 Å². The fourth-order valence-corrected chi connectivity index (χ4v) is 5.81. The van der Waals surface area contributed by atoms with Crippen LogP contribution in [0.15, 0.2) is 97.2 Å². The minimum Gasteiger partial charge on any atom is -0.478 e. The number of hydrogen-bond acceptors (Lipinski definition) is 2. The zero-order valence-corrected chi connectivity index (χ0v) is 23.5. The highest BCUT2D eigenvalue weighted by Gasteiger charge is 2.50. The monoisotopic (exact) mass is 606 g/mol. The molecule has 212 valence electrons. The summed E-state index contributed by atoms with van der Waals surface area (Å²) in [7, 11) is 0. The molecule has 0 saturated heterocycles. The molecule has 1 aliphatic carbocycles. The number of hydrogen-bond donors (Lipinski definition) is 1. The molecular weight excluding hydrogens is 584 g/mol. The summed E-state index contributed by atoms with van der Waals surface area (Å²) in [4.78, 5) is 16.5. The van der Waals surface area contributed by atoms with Gasteiger partial charge in [-0.2, -0.15) is 13.2 Å². The number of aromatic carboxylic acids is 1. The van der Waals surface area contributed by atoms with Gasteiger partial charge in [-0.3, -0.25) is 0 Å². The zero-order chi connectivity index (χ0) is 29.6. The van der Waals surface area contributed by atoms with Crippen LogP contribution in [0.2, 0.25) is 10.0 Å². The Labute approximate surface area is 250 Å². The Kier molecular flexibility index (Phi) is 7.11. The highest BCUT2D eigenvalue weighted by molar-refractivity contribution is 6.36. The highest BCUT2D eigenvalue weighted by Crippen LogP contribution is 2.54. The van der Waals surface area contributed by atoms with Crippen molar-refractivity contribution >= 4 is 29.2 Å². The first kappa shape index (κ1) is 28.1. The van der Waals surface area contributed by atoms with Crippen LogP contribution >= 0.6 is 23.2 Å². The van der Waals surface area contributed by atoms with Gasteiger partial charge in [-0.1, -0.05) is 65.7 Å². The van der Waals surface area contributed by atoms with E-state index < -0.39 is 23.1 Å². The van der Waals surface area contributed by atoms with Crippen LogP contribution < -0.4 is 0 Å². The average Bonchev–Trinajstić information content (AvgIpc) is 3.65. The Morgan fingerprint density at radius 1 is 0.905 bits per heavy atom. The van der Waals surface area contributed by atoms with E-state index in [1.807, 2.05) is 41.1 Å². The Balaban J connectivity index is 1.37. The van der Waals surface area contributed by atoms with E-state index in [-0.39, 0.29) is 5.56 Å². The van der Waals surface area contributed by atoms with Crippen LogP contribution in [0.25, 0.3) is 16.9 Å². The van der Waals surface area contributed by atoms with Crippen molar-refractivity contribution in [1.29, 1.82) is 0 Å². The molecule has 1 saturated carbocycles. The second kappa shape index (κ2) is 10.6. The maximum atomic E-state index is 13.2. The predicted molar refractivity (Wildman–Crippen MR) is 157 cm³/mol. The molecule has 0 bridgehead atoms. The van der Waals surface area contributed by atoms with Crippen molar-refractivity contribution in [3.63, 3.8) is 0 Å². The first-order valence-corrected chi connectivity index (χ1v) is 13.9. The number of benzene rings is 4. The van der Waals surface area contributed by atoms with Crippen LogP contribution in [0.1, 0.15) is 51.3 Å². The van der Waals surface area contributed by atoms with Crippen molar-refractivity contribution < 1.29 is 23.1 Å². The number of imidazole rings is 1. The quantitative estimate of drug-likeness (QED) is 0.201. The number of aromatic nitrogens is 2. The average molecular weight is 607 g/mol. The fraction of sp³-hybridized carbons (Fsp3) is 0.152. The normalized spacial score (nSPS) is 14.1. The molecule has 4 nitrogen and oxygen atoms in total. The Morgan fingerprint density at radius 2 is 1.62 bits per heavy atom. The number of carboxylic acids is 1. The molecule has 0 amide bonds. The molecule has 1 N–H and O–H groups in total. The molecule has 42 heavy (non-hydrogen) atoms. The summed E-state index contributed by atoms with van der Waals surface area (Å²) in [5.74, 6) is -0.220. The largest absolute Gasteiger partial charge is 0.478 e. The van der Waals surface area contributed by atoms with Crippen molar-refractivity contribution in [2.75, 3.05) is 0 Å². The van der Waals surface area contributed by atoms with Gasteiger partial charge >= 0.3 is 12.1 Å². The first-order valence-electron chi connectivity index (χ1n) is 13.2. The molecule has 5 aromatic rings. The molecule has 0 radical (unpaired) electrons. The summed E-state index contributed by atoms with van der Waals surface area (Å²) >= 11 is 12.7. The fourth-order valence-electron chi connectivity index (χ4n) is 5.31. The van der Waals surface area contributed by atoms with Crippen LogP contribution in [0.5, 0.6) is 0 Å². The number of nitrogens with zero attached hydrogens (tertiary/aromatic N) is 2. The third kappa shape index (κ3) is 5.42. The third-order valence-electron chi connectivity index (χ3n) is 7.65. The van der Waals surface area contributed by atoms with Crippen LogP contribution in [0.3, 0.4) is 0 Å². The third-order valence-corrected chi connectivity index (χ3v) is 8.20. The van der Waals surface area contributed by atoms with Crippen molar-refractivity contribution in [2.45, 2.75) is 30.9 Å². The van der Waals surface area contributed by atoms with Crippen LogP contribution in [0, 0.1) is 0 Å². The van der Waals surface area contributed by atoms with E-state index in [4.69, 9.17) is 28.2 Å². The number of alkyl halides is 3. The van der Waals surface area contributed by atoms with Crippen molar-refractivity contribution in [2.24, 2.45) is 0 Å². The van der Waals surface area contributed by atoms with E-state index in [2.05, 4.69) is 0 Å². The van der Waals surface area contributed by atoms with E-state index in [0.717, 1.165) is 47.1 Å². The Hall–Kier alpha value is -4.07. The van der Waals surface area contributed by atoms with E-state index in [1.54, 1.807) is 42.5 Å². The Morgan fingerprint density at radius 3 is 2.24 bits per heavy atom. The van der Waals surface area contributed by atoms with Gasteiger partial charge in [-0.25, -0.2) is 9.78 Å². The van der Waals surface area contributed by atoms with Gasteiger partial charge < -0.3 is 9.67 Å². The van der Waals surface area contributed by atoms with Gasteiger partial charge in [0.1, 0.15) is 5.82 Å². The standard InChI is InChI=1S/C33H23Cl2F3N2O2/c34-25-10-13-27(28(35)18-25)29-19-40(26-11-6-22(7-12-26)30(41)42)31(39-29)32(14-15-32)23-8-4-20(5-9-23)16-21-2-1-3-24(17-21)33(36,37)38/h1-13,17-19H,14-16H2,(H,41,42). The van der Waals surface area contributed by atoms with Crippen LogP contribution in [-0.2, 0) is 18.0 Å². The minimum atomic E-state index is -4.39. The molecule has 1 heterocycles. The number of halogens is 5. The summed E-state index contributed by atoms with van der Waals surface area (Å²) in [5.41, 5.74) is 3.78. The highest BCUT2D eigenvalue weighted by atomic mass is 35.5. The summed E-state index contributed by atoms with van der Waals surface area (Å²) in [5, 5.41) is 10.3. The van der Waals surface area contributed by atoms with Gasteiger partial charge in [0.2, 0.25) is 0 Å². The SMILES string of the molecule is O=C(O)c1ccc(-n2cc(-c3ccc(Cl)cc3Cl)nc2C2(c3ccc(Cc4cccc(C(F)(F)F)c4)cc3)CC2)cc1. The Bertz CT molecular complexity index is 1790. The first-order chi connectivity index (χ1) is 20.0. The summed E-state index contributed by atoms with van der Waals surface area (Å²) in [6.07, 6.45) is -0.428. The van der Waals surface area contributed by atoms with Gasteiger partial charge in [0.25, 0.3) is 0 Å². The summed E-state index contributed by atoms with van der Waals surface area (Å²) in [6.45, 7) is 0. The second-order valence-electron chi connectivity index (χ2n) is 10.4. The van der Waals surface area contributed by atoms with Crippen LogP contribution in [-0.4, -0.2) is 20.6 Å². The number of carbonyl (C=O) groups is 1. The molecule has 0 atom stereocenters. The summed E-state index contributed by atoms with van der Waals surface area (Å²) in [6, 6.07) is 25.1. The molecule has 0 aliphatic heterocycles. The molecular formula is C33H23Cl2F3N2O2. The lowest BCUT2D eigenvalue weighted by Gasteiger charge is -2.18. The molecule has 1 aromatic heterocycles. The predicted octanol–water partition coefficient (Wildman–Crippen LogP) is 9.23. The van der Waals surface area contributed by atoms with Crippen LogP contribution in [0.4, 0.5) is 13.2 Å². The van der Waals surface area contributed by atoms with E-state index in [1.165, 1.54) is 12.1 Å². The smallest absolute Gasteiger partial charge is 0.416 e. The molecule has 0 unspecified atom stereocenters. The maximum Gasteiger partial charge on any atom is 0.416 e. The number of rotatable bonds is 7. The lowest BCUT2D eigenvalue weighted by atomic mass is 9.92.